The molecule has 0 aromatic rings. The first-order valence-corrected chi connectivity index (χ1v) is 23.9. The van der Waals surface area contributed by atoms with Gasteiger partial charge in [-0.3, -0.25) is 9.59 Å². The van der Waals surface area contributed by atoms with Crippen molar-refractivity contribution >= 4 is 11.9 Å². The van der Waals surface area contributed by atoms with Crippen LogP contribution in [-0.4, -0.2) is 46.9 Å². The molecule has 0 aliphatic carbocycles. The lowest BCUT2D eigenvalue weighted by atomic mass is 10.0. The second kappa shape index (κ2) is 43.9. The van der Waals surface area contributed by atoms with Gasteiger partial charge in [-0.1, -0.05) is 198 Å². The first-order valence-electron chi connectivity index (χ1n) is 23.9. The largest absolute Gasteiger partial charge is 0.462 e. The van der Waals surface area contributed by atoms with Crippen LogP contribution < -0.4 is 5.32 Å². The second-order valence-corrected chi connectivity index (χ2v) is 16.1. The van der Waals surface area contributed by atoms with Crippen LogP contribution in [0.2, 0.25) is 0 Å². The quantitative estimate of drug-likeness (QED) is 0.0325. The molecule has 0 saturated heterocycles. The maximum absolute atomic E-state index is 13.1. The number of nitrogens with one attached hydrogen (secondary N) is 1. The highest BCUT2D eigenvalue weighted by atomic mass is 16.5. The number of ether oxygens (including phenoxy) is 1. The average molecular weight is 786 g/mol. The summed E-state index contributed by atoms with van der Waals surface area (Å²) in [5.74, 6) is -0.568. The molecule has 6 nitrogen and oxygen atoms in total. The summed E-state index contributed by atoms with van der Waals surface area (Å²) in [6.07, 6.45) is 51.8. The average Bonchev–Trinajstić information content (AvgIpc) is 3.19. The van der Waals surface area contributed by atoms with Gasteiger partial charge >= 0.3 is 5.97 Å². The van der Waals surface area contributed by atoms with Gasteiger partial charge in [-0.2, -0.15) is 0 Å². The molecule has 0 saturated carbocycles. The molecule has 56 heavy (non-hydrogen) atoms. The van der Waals surface area contributed by atoms with Crippen molar-refractivity contribution in [3.63, 3.8) is 0 Å². The van der Waals surface area contributed by atoms with E-state index in [1.54, 1.807) is 0 Å². The van der Waals surface area contributed by atoms with Gasteiger partial charge in [0.2, 0.25) is 5.91 Å². The zero-order valence-corrected chi connectivity index (χ0v) is 37.0. The summed E-state index contributed by atoms with van der Waals surface area (Å²) in [6.45, 7) is 6.34. The maximum Gasteiger partial charge on any atom is 0.306 e. The number of allylic oxidation sites excluding steroid dienone is 8. The summed E-state index contributed by atoms with van der Waals surface area (Å²) in [5.41, 5.74) is 0. The first kappa shape index (κ1) is 53.8. The van der Waals surface area contributed by atoms with Crippen molar-refractivity contribution in [2.75, 3.05) is 6.61 Å². The second-order valence-electron chi connectivity index (χ2n) is 16.1. The van der Waals surface area contributed by atoms with Crippen LogP contribution in [0.25, 0.3) is 0 Å². The molecule has 0 aliphatic heterocycles. The highest BCUT2D eigenvalue weighted by molar-refractivity contribution is 5.77. The number of aliphatic hydroxyl groups excluding tert-OH is 2. The molecule has 3 unspecified atom stereocenters. The third-order valence-electron chi connectivity index (χ3n) is 10.7. The van der Waals surface area contributed by atoms with Crippen LogP contribution in [0.4, 0.5) is 0 Å². The normalized spacial score (nSPS) is 13.7. The third kappa shape index (κ3) is 38.7. The number of unbranched alkanes of at least 4 members (excludes halogenated alkanes) is 22. The van der Waals surface area contributed by atoms with Gasteiger partial charge in [-0.25, -0.2) is 0 Å². The standard InChI is InChI=1S/C50H91NO5/c1-4-7-10-13-16-19-22-25-28-31-34-37-40-43-50(55)56-46(41-38-35-32-29-26-23-20-17-14-11-8-5-2)44-49(54)51-47(45-52)48(53)42-39-36-33-30-27-24-21-18-15-12-9-6-3/h8,11,17,20,25,28,34,37,46-48,52-53H,4-7,9-10,12-16,18-19,21-24,26-27,29-33,35-36,38-45H2,1-3H3,(H,51,54)/b11-8+,20-17+,28-25-,37-34+. The molecule has 6 heteroatoms. The Balaban J connectivity index is 4.66. The van der Waals surface area contributed by atoms with Crippen molar-refractivity contribution in [2.45, 2.75) is 251 Å². The first-order chi connectivity index (χ1) is 27.5. The van der Waals surface area contributed by atoms with E-state index in [1.807, 2.05) is 6.08 Å². The van der Waals surface area contributed by atoms with Gasteiger partial charge in [0.05, 0.1) is 25.2 Å². The van der Waals surface area contributed by atoms with Crippen LogP contribution in [0, 0.1) is 0 Å². The molecule has 0 aromatic carbocycles. The Morgan fingerprint density at radius 2 is 0.964 bits per heavy atom. The van der Waals surface area contributed by atoms with Crippen molar-refractivity contribution in [2.24, 2.45) is 0 Å². The Hall–Kier alpha value is -2.18. The number of rotatable bonds is 42. The van der Waals surface area contributed by atoms with E-state index in [-0.39, 0.29) is 31.3 Å². The molecule has 3 atom stereocenters. The van der Waals surface area contributed by atoms with Crippen LogP contribution >= 0.6 is 0 Å². The number of carbonyl (C=O) groups excluding carboxylic acids is 2. The number of aliphatic hydroxyl groups is 2. The summed E-state index contributed by atoms with van der Waals surface area (Å²) >= 11 is 0. The fourth-order valence-electron chi connectivity index (χ4n) is 7.05. The lowest BCUT2D eigenvalue weighted by Gasteiger charge is -2.24. The van der Waals surface area contributed by atoms with E-state index in [0.29, 0.717) is 19.3 Å². The van der Waals surface area contributed by atoms with Crippen molar-refractivity contribution in [3.8, 4) is 0 Å². The molecule has 0 rings (SSSR count). The highest BCUT2D eigenvalue weighted by Crippen LogP contribution is 2.17. The van der Waals surface area contributed by atoms with E-state index in [4.69, 9.17) is 4.74 Å². The molecule has 0 radical (unpaired) electrons. The van der Waals surface area contributed by atoms with Gasteiger partial charge in [0.1, 0.15) is 6.10 Å². The van der Waals surface area contributed by atoms with E-state index >= 15 is 0 Å². The molecule has 0 fully saturated rings. The molecule has 0 spiro atoms. The Morgan fingerprint density at radius 1 is 0.536 bits per heavy atom. The van der Waals surface area contributed by atoms with Crippen molar-refractivity contribution in [1.29, 1.82) is 0 Å². The Bertz CT molecular complexity index is 972. The van der Waals surface area contributed by atoms with Gasteiger partial charge in [0, 0.05) is 6.42 Å². The number of hydrogen-bond acceptors (Lipinski definition) is 5. The SMILES string of the molecule is CC/C=C/C/C=C/CCCCCCCC(CC(=O)NC(CO)C(O)CCCCCCCCCCCCCC)OC(=O)CC/C=C/C/C=C\CCCCCCCC. The summed E-state index contributed by atoms with van der Waals surface area (Å²) in [5, 5.41) is 23.7. The van der Waals surface area contributed by atoms with Crippen molar-refractivity contribution in [3.05, 3.63) is 48.6 Å². The van der Waals surface area contributed by atoms with E-state index < -0.39 is 18.2 Å². The summed E-state index contributed by atoms with van der Waals surface area (Å²) in [4.78, 5) is 26.0. The zero-order chi connectivity index (χ0) is 41.0. The number of amides is 1. The Morgan fingerprint density at radius 3 is 1.45 bits per heavy atom. The predicted molar refractivity (Wildman–Crippen MR) is 241 cm³/mol. The molecule has 0 aromatic heterocycles. The Labute approximate surface area is 346 Å². The third-order valence-corrected chi connectivity index (χ3v) is 10.7. The van der Waals surface area contributed by atoms with Crippen LogP contribution in [0.5, 0.6) is 0 Å². The van der Waals surface area contributed by atoms with E-state index in [2.05, 4.69) is 68.6 Å². The minimum Gasteiger partial charge on any atom is -0.462 e. The van der Waals surface area contributed by atoms with Crippen LogP contribution in [0.3, 0.4) is 0 Å². The molecule has 0 bridgehead atoms. The topological polar surface area (TPSA) is 95.9 Å². The van der Waals surface area contributed by atoms with Crippen molar-refractivity contribution in [1.82, 2.24) is 5.32 Å². The number of hydrogen-bond donors (Lipinski definition) is 3. The van der Waals surface area contributed by atoms with E-state index in [1.165, 1.54) is 103 Å². The fourth-order valence-corrected chi connectivity index (χ4v) is 7.05. The number of carbonyl (C=O) groups is 2. The van der Waals surface area contributed by atoms with Crippen LogP contribution in [0.1, 0.15) is 233 Å². The molecular weight excluding hydrogens is 695 g/mol. The molecular formula is C50H91NO5. The molecule has 0 aliphatic rings. The number of esters is 1. The fraction of sp³-hybridized carbons (Fsp3) is 0.800. The van der Waals surface area contributed by atoms with Gasteiger partial charge < -0.3 is 20.3 Å². The monoisotopic (exact) mass is 786 g/mol. The lowest BCUT2D eigenvalue weighted by molar-refractivity contribution is -0.150. The summed E-state index contributed by atoms with van der Waals surface area (Å²) < 4.78 is 5.87. The minimum atomic E-state index is -0.798. The van der Waals surface area contributed by atoms with Crippen molar-refractivity contribution < 1.29 is 24.5 Å². The van der Waals surface area contributed by atoms with Crippen LogP contribution in [-0.2, 0) is 14.3 Å². The van der Waals surface area contributed by atoms with Gasteiger partial charge in [-0.15, -0.1) is 0 Å². The van der Waals surface area contributed by atoms with Gasteiger partial charge in [0.25, 0.3) is 0 Å². The Kier molecular flexibility index (Phi) is 42.2. The summed E-state index contributed by atoms with van der Waals surface area (Å²) in [6, 6.07) is -0.715. The zero-order valence-electron chi connectivity index (χ0n) is 37.0. The van der Waals surface area contributed by atoms with E-state index in [0.717, 1.165) is 77.0 Å². The lowest BCUT2D eigenvalue weighted by Crippen LogP contribution is -2.46. The molecule has 326 valence electrons. The maximum atomic E-state index is 13.1. The van der Waals surface area contributed by atoms with Gasteiger partial charge in [0.15, 0.2) is 0 Å². The van der Waals surface area contributed by atoms with Gasteiger partial charge in [-0.05, 0) is 70.6 Å². The smallest absolute Gasteiger partial charge is 0.306 e. The molecule has 1 amide bonds. The molecule has 3 N–H and O–H groups in total. The minimum absolute atomic E-state index is 0.0457. The van der Waals surface area contributed by atoms with E-state index in [9.17, 15) is 19.8 Å². The predicted octanol–water partition coefficient (Wildman–Crippen LogP) is 13.9. The highest BCUT2D eigenvalue weighted by Gasteiger charge is 2.24. The van der Waals surface area contributed by atoms with Crippen LogP contribution in [0.15, 0.2) is 48.6 Å². The molecule has 0 heterocycles. The summed E-state index contributed by atoms with van der Waals surface area (Å²) in [7, 11) is 0.